The summed E-state index contributed by atoms with van der Waals surface area (Å²) in [5.74, 6) is -0.860. The van der Waals surface area contributed by atoms with Gasteiger partial charge >= 0.3 is 0 Å². The molecule has 0 heterocycles. The lowest BCUT2D eigenvalue weighted by atomic mass is 10.1. The number of hydrogen-bond acceptors (Lipinski definition) is 4. The van der Waals surface area contributed by atoms with Crippen molar-refractivity contribution >= 4 is 66.7 Å². The normalized spacial score (nSPS) is 13.1. The number of sulfonamides is 1. The Morgan fingerprint density at radius 3 is 2.32 bits per heavy atom. The van der Waals surface area contributed by atoms with Crippen LogP contribution in [0.5, 0.6) is 0 Å². The SMILES string of the molecule is CC[C@@H](C)NC(=O)[C@H](C)N(Cc1cccc(Br)c1)C(=O)CN(c1ccc(Cl)c(Cl)c1)S(C)(=O)=O. The van der Waals surface area contributed by atoms with Crippen LogP contribution >= 0.6 is 39.1 Å². The largest absolute Gasteiger partial charge is 0.352 e. The van der Waals surface area contributed by atoms with E-state index < -0.39 is 28.5 Å². The summed E-state index contributed by atoms with van der Waals surface area (Å²) in [6, 6.07) is 10.8. The van der Waals surface area contributed by atoms with Gasteiger partial charge in [0.25, 0.3) is 0 Å². The Labute approximate surface area is 219 Å². The lowest BCUT2D eigenvalue weighted by molar-refractivity contribution is -0.139. The quantitative estimate of drug-likeness (QED) is 0.427. The maximum Gasteiger partial charge on any atom is 0.244 e. The summed E-state index contributed by atoms with van der Waals surface area (Å²) in [7, 11) is -3.85. The molecule has 0 aliphatic heterocycles. The van der Waals surface area contributed by atoms with Crippen LogP contribution < -0.4 is 9.62 Å². The lowest BCUT2D eigenvalue weighted by Gasteiger charge is -2.32. The van der Waals surface area contributed by atoms with Crippen molar-refractivity contribution in [2.24, 2.45) is 0 Å². The predicted octanol–water partition coefficient (Wildman–Crippen LogP) is 4.85. The summed E-state index contributed by atoms with van der Waals surface area (Å²) in [5.41, 5.74) is 0.982. The average molecular weight is 593 g/mol. The molecule has 2 atom stereocenters. The number of carbonyl (C=O) groups is 2. The third kappa shape index (κ3) is 7.86. The van der Waals surface area contributed by atoms with Gasteiger partial charge in [0.1, 0.15) is 12.6 Å². The van der Waals surface area contributed by atoms with Gasteiger partial charge in [-0.3, -0.25) is 13.9 Å². The van der Waals surface area contributed by atoms with E-state index in [1.165, 1.54) is 23.1 Å². The van der Waals surface area contributed by atoms with Gasteiger partial charge in [-0.05, 0) is 56.2 Å². The fraction of sp³-hybridized carbons (Fsp3) is 0.391. The van der Waals surface area contributed by atoms with Gasteiger partial charge in [0.2, 0.25) is 21.8 Å². The van der Waals surface area contributed by atoms with Crippen molar-refractivity contribution in [1.29, 1.82) is 0 Å². The maximum absolute atomic E-state index is 13.5. The van der Waals surface area contributed by atoms with Crippen LogP contribution in [0.4, 0.5) is 5.69 Å². The van der Waals surface area contributed by atoms with E-state index in [0.29, 0.717) is 0 Å². The van der Waals surface area contributed by atoms with Crippen LogP contribution in [0.3, 0.4) is 0 Å². The molecule has 0 aromatic heterocycles. The molecule has 0 spiro atoms. The zero-order chi connectivity index (χ0) is 25.6. The van der Waals surface area contributed by atoms with Crippen LogP contribution in [0.1, 0.15) is 32.8 Å². The van der Waals surface area contributed by atoms with Gasteiger partial charge in [0.05, 0.1) is 22.0 Å². The van der Waals surface area contributed by atoms with Crippen LogP contribution in [0.2, 0.25) is 10.0 Å². The van der Waals surface area contributed by atoms with Gasteiger partial charge in [-0.15, -0.1) is 0 Å². The number of halogens is 3. The maximum atomic E-state index is 13.5. The van der Waals surface area contributed by atoms with E-state index in [-0.39, 0.29) is 34.2 Å². The van der Waals surface area contributed by atoms with E-state index in [2.05, 4.69) is 21.2 Å². The molecule has 7 nitrogen and oxygen atoms in total. The van der Waals surface area contributed by atoms with Crippen LogP contribution in [0, 0.1) is 0 Å². The van der Waals surface area contributed by atoms with Crippen molar-refractivity contribution < 1.29 is 18.0 Å². The minimum atomic E-state index is -3.85. The monoisotopic (exact) mass is 591 g/mol. The number of benzene rings is 2. The molecule has 0 aliphatic rings. The topological polar surface area (TPSA) is 86.8 Å². The summed E-state index contributed by atoms with van der Waals surface area (Å²) < 4.78 is 26.9. The Hall–Kier alpha value is -1.81. The fourth-order valence-electron chi connectivity index (χ4n) is 3.13. The average Bonchev–Trinajstić information content (AvgIpc) is 2.76. The van der Waals surface area contributed by atoms with Gasteiger partial charge in [-0.1, -0.05) is 58.2 Å². The Kier molecular flexibility index (Phi) is 10.2. The molecular weight excluding hydrogens is 565 g/mol. The molecule has 0 saturated carbocycles. The minimum absolute atomic E-state index is 0.0681. The zero-order valence-electron chi connectivity index (χ0n) is 19.4. The summed E-state index contributed by atoms with van der Waals surface area (Å²) in [6.45, 7) is 5.05. The highest BCUT2D eigenvalue weighted by molar-refractivity contribution is 9.10. The van der Waals surface area contributed by atoms with Crippen LogP contribution in [-0.4, -0.2) is 50.0 Å². The molecule has 0 saturated heterocycles. The van der Waals surface area contributed by atoms with E-state index in [1.807, 2.05) is 38.1 Å². The van der Waals surface area contributed by atoms with Crippen molar-refractivity contribution in [1.82, 2.24) is 10.2 Å². The third-order valence-electron chi connectivity index (χ3n) is 5.28. The first-order valence-electron chi connectivity index (χ1n) is 10.6. The Bertz CT molecular complexity index is 1150. The summed E-state index contributed by atoms with van der Waals surface area (Å²) in [5, 5.41) is 3.31. The van der Waals surface area contributed by atoms with Gasteiger partial charge < -0.3 is 10.2 Å². The number of carbonyl (C=O) groups excluding carboxylic acids is 2. The minimum Gasteiger partial charge on any atom is -0.352 e. The molecule has 0 aliphatic carbocycles. The van der Waals surface area contributed by atoms with E-state index in [9.17, 15) is 18.0 Å². The van der Waals surface area contributed by atoms with Crippen molar-refractivity contribution in [2.45, 2.75) is 45.8 Å². The van der Waals surface area contributed by atoms with Crippen LogP contribution in [0.25, 0.3) is 0 Å². The molecule has 11 heteroatoms. The Balaban J connectivity index is 2.41. The molecule has 0 bridgehead atoms. The van der Waals surface area contributed by atoms with E-state index in [0.717, 1.165) is 27.0 Å². The first-order valence-corrected chi connectivity index (χ1v) is 14.0. The zero-order valence-corrected chi connectivity index (χ0v) is 23.3. The van der Waals surface area contributed by atoms with Gasteiger partial charge in [0.15, 0.2) is 0 Å². The smallest absolute Gasteiger partial charge is 0.244 e. The van der Waals surface area contributed by atoms with Crippen LogP contribution in [0.15, 0.2) is 46.9 Å². The molecule has 1 N–H and O–H groups in total. The Morgan fingerprint density at radius 2 is 1.76 bits per heavy atom. The molecule has 0 unspecified atom stereocenters. The van der Waals surface area contributed by atoms with Gasteiger partial charge in [0, 0.05) is 17.1 Å². The highest BCUT2D eigenvalue weighted by Gasteiger charge is 2.30. The van der Waals surface area contributed by atoms with Crippen molar-refractivity contribution in [3.05, 3.63) is 62.5 Å². The van der Waals surface area contributed by atoms with Crippen molar-refractivity contribution in [3.63, 3.8) is 0 Å². The highest BCUT2D eigenvalue weighted by Crippen LogP contribution is 2.28. The summed E-state index contributed by atoms with van der Waals surface area (Å²) >= 11 is 15.5. The molecular formula is C23H28BrCl2N3O4S. The summed E-state index contributed by atoms with van der Waals surface area (Å²) in [6.07, 6.45) is 1.73. The fourth-order valence-corrected chi connectivity index (χ4v) is 4.71. The third-order valence-corrected chi connectivity index (χ3v) is 7.65. The van der Waals surface area contributed by atoms with E-state index >= 15 is 0 Å². The number of amides is 2. The molecule has 2 rings (SSSR count). The van der Waals surface area contributed by atoms with Gasteiger partial charge in [-0.2, -0.15) is 0 Å². The lowest BCUT2D eigenvalue weighted by Crippen LogP contribution is -2.52. The summed E-state index contributed by atoms with van der Waals surface area (Å²) in [4.78, 5) is 27.7. The molecule has 0 radical (unpaired) electrons. The number of rotatable bonds is 10. The van der Waals surface area contributed by atoms with E-state index in [1.54, 1.807) is 6.92 Å². The van der Waals surface area contributed by atoms with Gasteiger partial charge in [-0.25, -0.2) is 8.42 Å². The first kappa shape index (κ1) is 28.4. The second kappa shape index (κ2) is 12.2. The Morgan fingerprint density at radius 1 is 1.09 bits per heavy atom. The predicted molar refractivity (Wildman–Crippen MR) is 141 cm³/mol. The second-order valence-corrected chi connectivity index (χ2v) is 11.7. The first-order chi connectivity index (χ1) is 15.8. The highest BCUT2D eigenvalue weighted by atomic mass is 79.9. The molecule has 2 aromatic rings. The van der Waals surface area contributed by atoms with Crippen molar-refractivity contribution in [2.75, 3.05) is 17.1 Å². The van der Waals surface area contributed by atoms with Crippen molar-refractivity contribution in [3.8, 4) is 0 Å². The van der Waals surface area contributed by atoms with E-state index in [4.69, 9.17) is 23.2 Å². The molecule has 2 amide bonds. The molecule has 186 valence electrons. The standard InChI is InChI=1S/C23H28BrCl2N3O4S/c1-5-15(2)27-23(31)16(3)28(13-17-7-6-8-18(24)11-17)22(30)14-29(34(4,32)33)19-9-10-20(25)21(26)12-19/h6-12,15-16H,5,13-14H2,1-4H3,(H,27,31)/t15-,16+/m1/s1. The number of anilines is 1. The number of nitrogens with zero attached hydrogens (tertiary/aromatic N) is 2. The molecule has 0 fully saturated rings. The number of hydrogen-bond donors (Lipinski definition) is 1. The number of nitrogens with one attached hydrogen (secondary N) is 1. The molecule has 2 aromatic carbocycles. The molecule has 34 heavy (non-hydrogen) atoms. The van der Waals surface area contributed by atoms with Crippen LogP contribution in [-0.2, 0) is 26.2 Å². The second-order valence-electron chi connectivity index (χ2n) is 8.01.